The zero-order valence-electron chi connectivity index (χ0n) is 23.0. The molecule has 1 atom stereocenters. The van der Waals surface area contributed by atoms with Crippen molar-refractivity contribution in [3.8, 4) is 6.07 Å². The van der Waals surface area contributed by atoms with Gasteiger partial charge >= 0.3 is 12.2 Å². The number of carbonyl (C=O) groups is 4. The molecule has 2 aliphatic rings. The molecule has 2 aliphatic heterocycles. The highest BCUT2D eigenvalue weighted by Crippen LogP contribution is 2.38. The van der Waals surface area contributed by atoms with E-state index in [0.717, 1.165) is 4.90 Å². The van der Waals surface area contributed by atoms with E-state index in [0.29, 0.717) is 23.8 Å². The third-order valence-corrected chi connectivity index (χ3v) is 7.68. The topological polar surface area (TPSA) is 127 Å². The lowest BCUT2D eigenvalue weighted by Crippen LogP contribution is -2.60. The summed E-state index contributed by atoms with van der Waals surface area (Å²) in [5, 5.41) is 11.5. The molecule has 14 heteroatoms. The molecule has 1 aromatic heterocycles. The van der Waals surface area contributed by atoms with E-state index in [1.807, 2.05) is 6.07 Å². The molecule has 0 saturated carbocycles. The average Bonchev–Trinajstić information content (AvgIpc) is 3.11. The van der Waals surface area contributed by atoms with Crippen LogP contribution in [-0.4, -0.2) is 75.2 Å². The fourth-order valence-corrected chi connectivity index (χ4v) is 5.30. The molecule has 0 radical (unpaired) electrons. The number of halogens is 4. The molecular formula is C28H28F4N6O4. The molecule has 1 aromatic carbocycles. The van der Waals surface area contributed by atoms with Crippen LogP contribution in [-0.2, 0) is 22.3 Å². The predicted octanol–water partition coefficient (Wildman–Crippen LogP) is 3.32. The molecule has 42 heavy (non-hydrogen) atoms. The van der Waals surface area contributed by atoms with Crippen LogP contribution in [0.1, 0.15) is 53.9 Å². The molecule has 2 fully saturated rings. The van der Waals surface area contributed by atoms with Gasteiger partial charge in [-0.25, -0.2) is 14.2 Å². The SMILES string of the molecule is CC(C)[C@@H](NC(=O)c1cc(C(F)(F)F)ccc1F)C(=O)N1CCC2(CC1)C(=O)N(C)C(=O)N2Cc1ccnc(C#N)c1. The summed E-state index contributed by atoms with van der Waals surface area (Å²) in [5.41, 5.74) is -2.54. The highest BCUT2D eigenvalue weighted by Gasteiger charge is 2.57. The number of rotatable bonds is 6. The van der Waals surface area contributed by atoms with Gasteiger partial charge in [0.05, 0.1) is 11.1 Å². The Hall–Kier alpha value is -4.54. The standard InChI is InChI=1S/C28H28F4N6O4/c1-16(2)22(35-23(39)20-13-18(28(30,31)32)4-5-21(20)29)24(40)37-10-7-27(8-11-37)25(41)36(3)26(42)38(27)15-17-6-9-34-19(12-17)14-33/h4-6,9,12-13,16,22H,7-8,10-11,15H2,1-3H3,(H,35,39)/t22-/m1/s1. The van der Waals surface area contributed by atoms with E-state index in [1.165, 1.54) is 29.1 Å². The maximum Gasteiger partial charge on any atom is 0.416 e. The number of alkyl halides is 3. The van der Waals surface area contributed by atoms with Crippen LogP contribution in [0, 0.1) is 23.1 Å². The number of imide groups is 1. The van der Waals surface area contributed by atoms with Crippen molar-refractivity contribution < 1.29 is 36.7 Å². The largest absolute Gasteiger partial charge is 0.416 e. The third kappa shape index (κ3) is 5.63. The fourth-order valence-electron chi connectivity index (χ4n) is 5.30. The number of piperidine rings is 1. The van der Waals surface area contributed by atoms with Crippen molar-refractivity contribution in [2.24, 2.45) is 5.92 Å². The molecule has 2 saturated heterocycles. The van der Waals surface area contributed by atoms with E-state index in [9.17, 15) is 36.7 Å². The molecule has 1 N–H and O–H groups in total. The zero-order valence-corrected chi connectivity index (χ0v) is 23.0. The first kappa shape index (κ1) is 30.4. The van der Waals surface area contributed by atoms with E-state index in [-0.39, 0.29) is 38.2 Å². The van der Waals surface area contributed by atoms with Gasteiger partial charge in [0.1, 0.15) is 29.2 Å². The summed E-state index contributed by atoms with van der Waals surface area (Å²) in [7, 11) is 1.37. The number of amides is 5. The van der Waals surface area contributed by atoms with Crippen molar-refractivity contribution in [2.45, 2.75) is 51.0 Å². The van der Waals surface area contributed by atoms with Crippen molar-refractivity contribution in [3.63, 3.8) is 0 Å². The number of likely N-dealkylation sites (tertiary alicyclic amines) is 1. The van der Waals surface area contributed by atoms with Crippen molar-refractivity contribution in [2.75, 3.05) is 20.1 Å². The van der Waals surface area contributed by atoms with Gasteiger partial charge in [-0.2, -0.15) is 18.4 Å². The van der Waals surface area contributed by atoms with Gasteiger partial charge in [-0.1, -0.05) is 13.8 Å². The van der Waals surface area contributed by atoms with Crippen LogP contribution in [0.15, 0.2) is 36.5 Å². The van der Waals surface area contributed by atoms with Crippen molar-refractivity contribution in [1.82, 2.24) is 25.0 Å². The van der Waals surface area contributed by atoms with Gasteiger partial charge in [-0.15, -0.1) is 0 Å². The lowest BCUT2D eigenvalue weighted by molar-refractivity contribution is -0.142. The van der Waals surface area contributed by atoms with Crippen LogP contribution in [0.3, 0.4) is 0 Å². The molecule has 0 unspecified atom stereocenters. The minimum atomic E-state index is -4.80. The Morgan fingerprint density at radius 3 is 2.40 bits per heavy atom. The Balaban J connectivity index is 1.51. The molecule has 0 bridgehead atoms. The number of nitrogens with zero attached hydrogens (tertiary/aromatic N) is 5. The number of urea groups is 1. The number of nitrogens with one attached hydrogen (secondary N) is 1. The molecule has 5 amide bonds. The van der Waals surface area contributed by atoms with Gasteiger partial charge in [0.15, 0.2) is 0 Å². The molecule has 4 rings (SSSR count). The molecule has 10 nitrogen and oxygen atoms in total. The minimum absolute atomic E-state index is 0.0350. The number of likely N-dealkylation sites (N-methyl/N-ethyl adjacent to an activating group) is 1. The summed E-state index contributed by atoms with van der Waals surface area (Å²) in [5.74, 6) is -3.82. The number of carbonyl (C=O) groups excluding carboxylic acids is 4. The number of pyridine rings is 1. The van der Waals surface area contributed by atoms with Gasteiger partial charge in [0, 0.05) is 32.9 Å². The molecular weight excluding hydrogens is 560 g/mol. The Bertz CT molecular complexity index is 1460. The van der Waals surface area contributed by atoms with E-state index in [1.54, 1.807) is 19.9 Å². The van der Waals surface area contributed by atoms with Crippen LogP contribution in [0.5, 0.6) is 0 Å². The summed E-state index contributed by atoms with van der Waals surface area (Å²) >= 11 is 0. The maximum atomic E-state index is 14.3. The van der Waals surface area contributed by atoms with Gasteiger partial charge in [-0.05, 0) is 54.7 Å². The third-order valence-electron chi connectivity index (χ3n) is 7.68. The summed E-state index contributed by atoms with van der Waals surface area (Å²) in [6.07, 6.45) is -3.19. The second kappa shape index (κ2) is 11.4. The highest BCUT2D eigenvalue weighted by molar-refractivity contribution is 6.07. The molecule has 1 spiro atoms. The molecule has 0 aliphatic carbocycles. The van der Waals surface area contributed by atoms with Gasteiger partial charge < -0.3 is 15.1 Å². The monoisotopic (exact) mass is 588 g/mol. The van der Waals surface area contributed by atoms with Crippen molar-refractivity contribution >= 4 is 23.8 Å². The van der Waals surface area contributed by atoms with Gasteiger partial charge in [-0.3, -0.25) is 19.3 Å². The lowest BCUT2D eigenvalue weighted by Gasteiger charge is -2.43. The van der Waals surface area contributed by atoms with E-state index in [4.69, 9.17) is 5.26 Å². The zero-order chi connectivity index (χ0) is 31.0. The van der Waals surface area contributed by atoms with E-state index in [2.05, 4.69) is 10.3 Å². The quantitative estimate of drug-likeness (QED) is 0.408. The second-order valence-electron chi connectivity index (χ2n) is 10.6. The van der Waals surface area contributed by atoms with Crippen LogP contribution in [0.2, 0.25) is 0 Å². The summed E-state index contributed by atoms with van der Waals surface area (Å²) in [6, 6.07) is 4.83. The molecule has 222 valence electrons. The lowest BCUT2D eigenvalue weighted by atomic mass is 9.85. The smallest absolute Gasteiger partial charge is 0.341 e. The highest BCUT2D eigenvalue weighted by atomic mass is 19.4. The summed E-state index contributed by atoms with van der Waals surface area (Å²) < 4.78 is 53.7. The van der Waals surface area contributed by atoms with Crippen molar-refractivity contribution in [3.05, 3.63) is 64.7 Å². The van der Waals surface area contributed by atoms with Gasteiger partial charge in [0.25, 0.3) is 11.8 Å². The number of hydrogen-bond acceptors (Lipinski definition) is 6. The fraction of sp³-hybridized carbons (Fsp3) is 0.429. The maximum absolute atomic E-state index is 14.3. The molecule has 2 aromatic rings. The van der Waals surface area contributed by atoms with E-state index >= 15 is 0 Å². The Labute approximate surface area is 238 Å². The number of hydrogen-bond donors (Lipinski definition) is 1. The second-order valence-corrected chi connectivity index (χ2v) is 10.6. The van der Waals surface area contributed by atoms with Crippen LogP contribution >= 0.6 is 0 Å². The van der Waals surface area contributed by atoms with Crippen LogP contribution in [0.25, 0.3) is 0 Å². The predicted molar refractivity (Wildman–Crippen MR) is 139 cm³/mol. The molecule has 3 heterocycles. The number of aromatic nitrogens is 1. The normalized spacial score (nSPS) is 17.5. The Morgan fingerprint density at radius 2 is 1.81 bits per heavy atom. The summed E-state index contributed by atoms with van der Waals surface area (Å²) in [4.78, 5) is 60.4. The minimum Gasteiger partial charge on any atom is -0.341 e. The first-order valence-electron chi connectivity index (χ1n) is 13.1. The Kier molecular flexibility index (Phi) is 8.25. The Morgan fingerprint density at radius 1 is 1.14 bits per heavy atom. The number of benzene rings is 1. The number of nitriles is 1. The van der Waals surface area contributed by atoms with E-state index < -0.39 is 64.4 Å². The first-order chi connectivity index (χ1) is 19.7. The summed E-state index contributed by atoms with van der Waals surface area (Å²) in [6.45, 7) is 3.36. The van der Waals surface area contributed by atoms with Gasteiger partial charge in [0.2, 0.25) is 5.91 Å². The van der Waals surface area contributed by atoms with Crippen LogP contribution in [0.4, 0.5) is 22.4 Å². The van der Waals surface area contributed by atoms with Crippen LogP contribution < -0.4 is 5.32 Å². The first-order valence-corrected chi connectivity index (χ1v) is 13.1. The average molecular weight is 589 g/mol. The van der Waals surface area contributed by atoms with Crippen molar-refractivity contribution in [1.29, 1.82) is 5.26 Å².